The summed E-state index contributed by atoms with van der Waals surface area (Å²) in [5, 5.41) is -0.415. The third-order valence-corrected chi connectivity index (χ3v) is 3.85. The molecule has 0 heterocycles. The number of alkyl halides is 3. The van der Waals surface area contributed by atoms with Crippen molar-refractivity contribution in [3.05, 3.63) is 64.7 Å². The van der Waals surface area contributed by atoms with E-state index in [2.05, 4.69) is 10.8 Å². The highest BCUT2D eigenvalue weighted by Crippen LogP contribution is 2.33. The van der Waals surface area contributed by atoms with Crippen molar-refractivity contribution < 1.29 is 13.5 Å². The fourth-order valence-electron chi connectivity index (χ4n) is 2.19. The topological polar surface area (TPSA) is 9.23 Å². The molecule has 0 saturated heterocycles. The molecule has 0 radical (unpaired) electrons. The fourth-order valence-corrected chi connectivity index (χ4v) is 2.55. The Hall–Kier alpha value is -1.61. The number of hydrogen-bond acceptors (Lipinski definition) is 1. The van der Waals surface area contributed by atoms with Gasteiger partial charge in [0.05, 0.1) is 5.38 Å². The Morgan fingerprint density at radius 1 is 1.05 bits per heavy atom. The largest absolute Gasteiger partial charge is 0.434 e. The smallest absolute Gasteiger partial charge is 0.387 e. The van der Waals surface area contributed by atoms with E-state index in [1.165, 1.54) is 17.2 Å². The van der Waals surface area contributed by atoms with Gasteiger partial charge in [-0.2, -0.15) is 8.78 Å². The van der Waals surface area contributed by atoms with Crippen molar-refractivity contribution in [1.82, 2.24) is 0 Å². The van der Waals surface area contributed by atoms with Gasteiger partial charge in [-0.05, 0) is 43.0 Å². The fraction of sp³-hybridized carbons (Fsp3) is 0.294. The molecule has 0 N–H and O–H groups in total. The van der Waals surface area contributed by atoms with Gasteiger partial charge >= 0.3 is 6.61 Å². The number of rotatable bonds is 5. The Balaban J connectivity index is 2.19. The first-order valence-electron chi connectivity index (χ1n) is 6.71. The summed E-state index contributed by atoms with van der Waals surface area (Å²) in [6, 6.07) is 12.8. The molecule has 1 unspecified atom stereocenters. The van der Waals surface area contributed by atoms with Crippen LogP contribution in [0.3, 0.4) is 0 Å². The Labute approximate surface area is 128 Å². The molecule has 112 valence electrons. The van der Waals surface area contributed by atoms with Crippen molar-refractivity contribution in [2.75, 3.05) is 0 Å². The molecule has 1 nitrogen and oxygen atoms in total. The number of hydrogen-bond donors (Lipinski definition) is 0. The van der Waals surface area contributed by atoms with Crippen LogP contribution in [0.15, 0.2) is 42.5 Å². The van der Waals surface area contributed by atoms with Crippen molar-refractivity contribution in [1.29, 1.82) is 0 Å². The van der Waals surface area contributed by atoms with Crippen LogP contribution in [0.5, 0.6) is 5.75 Å². The van der Waals surface area contributed by atoms with Crippen LogP contribution in [0.2, 0.25) is 0 Å². The predicted octanol–water partition coefficient (Wildman–Crippen LogP) is 5.43. The second-order valence-corrected chi connectivity index (χ2v) is 5.53. The van der Waals surface area contributed by atoms with Gasteiger partial charge in [-0.3, -0.25) is 0 Å². The molecule has 2 aromatic rings. The van der Waals surface area contributed by atoms with E-state index in [0.717, 1.165) is 5.56 Å². The SMILES string of the molecule is Cc1ccc(CC(Cl)c2ccccc2OC(F)F)cc1C. The second-order valence-electron chi connectivity index (χ2n) is 5.01. The Morgan fingerprint density at radius 2 is 1.76 bits per heavy atom. The summed E-state index contributed by atoms with van der Waals surface area (Å²) >= 11 is 6.40. The Morgan fingerprint density at radius 3 is 2.43 bits per heavy atom. The van der Waals surface area contributed by atoms with Crippen molar-refractivity contribution in [3.8, 4) is 5.75 Å². The number of aryl methyl sites for hydroxylation is 2. The van der Waals surface area contributed by atoms with Gasteiger partial charge in [0.25, 0.3) is 0 Å². The number of halogens is 3. The van der Waals surface area contributed by atoms with Crippen LogP contribution in [-0.2, 0) is 6.42 Å². The van der Waals surface area contributed by atoms with Crippen LogP contribution < -0.4 is 4.74 Å². The van der Waals surface area contributed by atoms with Gasteiger partial charge in [-0.15, -0.1) is 11.6 Å². The van der Waals surface area contributed by atoms with Gasteiger partial charge < -0.3 is 4.74 Å². The molecule has 0 aliphatic carbocycles. The molecule has 0 aliphatic rings. The maximum Gasteiger partial charge on any atom is 0.387 e. The molecule has 0 spiro atoms. The van der Waals surface area contributed by atoms with Gasteiger partial charge in [0.1, 0.15) is 5.75 Å². The molecule has 0 fully saturated rings. The van der Waals surface area contributed by atoms with Crippen LogP contribution in [0.4, 0.5) is 8.78 Å². The predicted molar refractivity (Wildman–Crippen MR) is 81.3 cm³/mol. The van der Waals surface area contributed by atoms with E-state index >= 15 is 0 Å². The van der Waals surface area contributed by atoms with E-state index in [-0.39, 0.29) is 5.75 Å². The summed E-state index contributed by atoms with van der Waals surface area (Å²) in [7, 11) is 0. The van der Waals surface area contributed by atoms with Gasteiger partial charge in [0, 0.05) is 5.56 Å². The lowest BCUT2D eigenvalue weighted by molar-refractivity contribution is -0.0504. The summed E-state index contributed by atoms with van der Waals surface area (Å²) in [5.41, 5.74) is 4.06. The van der Waals surface area contributed by atoms with E-state index < -0.39 is 12.0 Å². The van der Waals surface area contributed by atoms with Crippen LogP contribution >= 0.6 is 11.6 Å². The minimum Gasteiger partial charge on any atom is -0.434 e. The molecule has 1 atom stereocenters. The molecule has 0 amide bonds. The first-order chi connectivity index (χ1) is 9.97. The van der Waals surface area contributed by atoms with E-state index in [0.29, 0.717) is 12.0 Å². The normalized spacial score (nSPS) is 12.5. The quantitative estimate of drug-likeness (QED) is 0.669. The molecule has 0 bridgehead atoms. The highest BCUT2D eigenvalue weighted by molar-refractivity contribution is 6.21. The maximum absolute atomic E-state index is 12.4. The summed E-state index contributed by atoms with van der Waals surface area (Å²) in [6.45, 7) is 1.23. The van der Waals surface area contributed by atoms with Gasteiger partial charge in [-0.25, -0.2) is 0 Å². The van der Waals surface area contributed by atoms with Crippen molar-refractivity contribution >= 4 is 11.6 Å². The van der Waals surface area contributed by atoms with Crippen molar-refractivity contribution in [3.63, 3.8) is 0 Å². The van der Waals surface area contributed by atoms with Crippen LogP contribution in [0.25, 0.3) is 0 Å². The van der Waals surface area contributed by atoms with Gasteiger partial charge in [0.15, 0.2) is 0 Å². The summed E-state index contributed by atoms with van der Waals surface area (Å²) in [4.78, 5) is 0. The van der Waals surface area contributed by atoms with Gasteiger partial charge in [-0.1, -0.05) is 36.4 Å². The second kappa shape index (κ2) is 6.90. The molecule has 2 aromatic carbocycles. The number of benzene rings is 2. The lowest BCUT2D eigenvalue weighted by Gasteiger charge is -2.15. The first kappa shape index (κ1) is 15.8. The van der Waals surface area contributed by atoms with E-state index in [1.807, 2.05) is 26.0 Å². The molecular formula is C17H17ClF2O. The van der Waals surface area contributed by atoms with E-state index in [9.17, 15) is 8.78 Å². The zero-order chi connectivity index (χ0) is 15.4. The maximum atomic E-state index is 12.4. The molecule has 2 rings (SSSR count). The highest BCUT2D eigenvalue weighted by atomic mass is 35.5. The number of ether oxygens (including phenoxy) is 1. The zero-order valence-electron chi connectivity index (χ0n) is 11.9. The summed E-state index contributed by atoms with van der Waals surface area (Å²) in [6.07, 6.45) is 0.562. The third-order valence-electron chi connectivity index (χ3n) is 3.46. The highest BCUT2D eigenvalue weighted by Gasteiger charge is 2.16. The van der Waals surface area contributed by atoms with Crippen LogP contribution in [0.1, 0.15) is 27.6 Å². The third kappa shape index (κ3) is 4.18. The molecule has 0 aromatic heterocycles. The van der Waals surface area contributed by atoms with Crippen LogP contribution in [-0.4, -0.2) is 6.61 Å². The standard InChI is InChI=1S/C17H17ClF2O/c1-11-7-8-13(9-12(11)2)10-15(18)14-5-3-4-6-16(14)21-17(19)20/h3-9,15,17H,10H2,1-2H3. The summed E-state index contributed by atoms with van der Waals surface area (Å²) < 4.78 is 29.4. The monoisotopic (exact) mass is 310 g/mol. The molecular weight excluding hydrogens is 294 g/mol. The minimum absolute atomic E-state index is 0.135. The molecule has 21 heavy (non-hydrogen) atoms. The Bertz CT molecular complexity index is 613. The van der Waals surface area contributed by atoms with E-state index in [1.54, 1.807) is 18.2 Å². The van der Waals surface area contributed by atoms with E-state index in [4.69, 9.17) is 11.6 Å². The minimum atomic E-state index is -2.85. The lowest BCUT2D eigenvalue weighted by Crippen LogP contribution is -2.06. The molecule has 0 aliphatic heterocycles. The average molecular weight is 311 g/mol. The molecule has 0 saturated carbocycles. The average Bonchev–Trinajstić information content (AvgIpc) is 2.43. The summed E-state index contributed by atoms with van der Waals surface area (Å²) in [5.74, 6) is 0.135. The molecule has 4 heteroatoms. The van der Waals surface area contributed by atoms with Gasteiger partial charge in [0.2, 0.25) is 0 Å². The van der Waals surface area contributed by atoms with Crippen LogP contribution in [0, 0.1) is 13.8 Å². The van der Waals surface area contributed by atoms with Crippen molar-refractivity contribution in [2.24, 2.45) is 0 Å². The zero-order valence-corrected chi connectivity index (χ0v) is 12.7. The first-order valence-corrected chi connectivity index (χ1v) is 7.15. The lowest BCUT2D eigenvalue weighted by atomic mass is 10.00. The number of para-hydroxylation sites is 1. The Kier molecular flexibility index (Phi) is 5.18. The van der Waals surface area contributed by atoms with Crippen molar-refractivity contribution in [2.45, 2.75) is 32.3 Å².